The molecular weight excluding hydrogens is 210 g/mol. The van der Waals surface area contributed by atoms with Crippen molar-refractivity contribution < 1.29 is 4.42 Å². The Hall–Kier alpha value is -1.54. The predicted molar refractivity (Wildman–Crippen MR) is 69.9 cm³/mol. The third kappa shape index (κ3) is 3.75. The van der Waals surface area contributed by atoms with E-state index in [9.17, 15) is 0 Å². The quantitative estimate of drug-likeness (QED) is 0.782. The average Bonchev–Trinajstić information content (AvgIpc) is 2.73. The van der Waals surface area contributed by atoms with Crippen LogP contribution in [0.15, 0.2) is 46.9 Å². The second kappa shape index (κ2) is 5.69. The third-order valence-electron chi connectivity index (χ3n) is 2.85. The zero-order chi connectivity index (χ0) is 12.1. The molecule has 0 amide bonds. The van der Waals surface area contributed by atoms with Crippen LogP contribution in [0, 0.1) is 6.92 Å². The molecule has 0 saturated heterocycles. The zero-order valence-corrected chi connectivity index (χ0v) is 10.5. The molecule has 0 aliphatic carbocycles. The highest BCUT2D eigenvalue weighted by Gasteiger charge is 2.03. The van der Waals surface area contributed by atoms with Crippen molar-refractivity contribution in [3.05, 3.63) is 59.5 Å². The summed E-state index contributed by atoms with van der Waals surface area (Å²) in [6.45, 7) is 3.90. The summed E-state index contributed by atoms with van der Waals surface area (Å²) in [5.74, 6) is 2.02. The van der Waals surface area contributed by atoms with E-state index < -0.39 is 0 Å². The Kier molecular flexibility index (Phi) is 3.99. The molecule has 0 fully saturated rings. The first kappa shape index (κ1) is 11.9. The maximum Gasteiger partial charge on any atom is 0.118 e. The van der Waals surface area contributed by atoms with Gasteiger partial charge in [0.05, 0.1) is 6.54 Å². The van der Waals surface area contributed by atoms with E-state index in [1.54, 1.807) is 0 Å². The number of nitrogens with zero attached hydrogens (tertiary/aromatic N) is 1. The standard InChI is InChI=1S/C15H19NO/c1-13-8-9-15(17-13)12-16(2)11-10-14-6-4-3-5-7-14/h3-9H,10-12H2,1-2H3. The first-order valence-electron chi connectivity index (χ1n) is 6.02. The van der Waals surface area contributed by atoms with Crippen LogP contribution in [-0.4, -0.2) is 18.5 Å². The summed E-state index contributed by atoms with van der Waals surface area (Å²) in [5.41, 5.74) is 1.38. The van der Waals surface area contributed by atoms with Crippen LogP contribution in [0.25, 0.3) is 0 Å². The van der Waals surface area contributed by atoms with Crippen LogP contribution < -0.4 is 0 Å². The summed E-state index contributed by atoms with van der Waals surface area (Å²) in [7, 11) is 2.13. The Balaban J connectivity index is 1.80. The summed E-state index contributed by atoms with van der Waals surface area (Å²) >= 11 is 0. The zero-order valence-electron chi connectivity index (χ0n) is 10.5. The lowest BCUT2D eigenvalue weighted by molar-refractivity contribution is 0.295. The highest BCUT2D eigenvalue weighted by Crippen LogP contribution is 2.09. The minimum absolute atomic E-state index is 0.876. The fraction of sp³-hybridized carbons (Fsp3) is 0.333. The molecule has 17 heavy (non-hydrogen) atoms. The van der Waals surface area contributed by atoms with Crippen molar-refractivity contribution in [2.24, 2.45) is 0 Å². The van der Waals surface area contributed by atoms with Gasteiger partial charge in [-0.05, 0) is 38.1 Å². The topological polar surface area (TPSA) is 16.4 Å². The first-order chi connectivity index (χ1) is 8.24. The summed E-state index contributed by atoms with van der Waals surface area (Å²) in [6, 6.07) is 14.6. The Morgan fingerprint density at radius 3 is 2.47 bits per heavy atom. The van der Waals surface area contributed by atoms with Crippen LogP contribution in [0.1, 0.15) is 17.1 Å². The molecular formula is C15H19NO. The van der Waals surface area contributed by atoms with Gasteiger partial charge in [0.15, 0.2) is 0 Å². The third-order valence-corrected chi connectivity index (χ3v) is 2.85. The van der Waals surface area contributed by atoms with E-state index in [2.05, 4.69) is 42.3 Å². The van der Waals surface area contributed by atoms with Gasteiger partial charge in [-0.1, -0.05) is 30.3 Å². The average molecular weight is 229 g/mol. The molecule has 1 aromatic heterocycles. The monoisotopic (exact) mass is 229 g/mol. The lowest BCUT2D eigenvalue weighted by atomic mass is 10.1. The van der Waals surface area contributed by atoms with Crippen LogP contribution in [0.2, 0.25) is 0 Å². The Bertz CT molecular complexity index is 447. The van der Waals surface area contributed by atoms with Crippen molar-refractivity contribution in [1.29, 1.82) is 0 Å². The normalized spacial score (nSPS) is 11.0. The maximum atomic E-state index is 5.56. The summed E-state index contributed by atoms with van der Waals surface area (Å²) in [4.78, 5) is 2.28. The number of likely N-dealkylation sites (N-methyl/N-ethyl adjacent to an activating group) is 1. The molecule has 0 spiro atoms. The van der Waals surface area contributed by atoms with E-state index in [4.69, 9.17) is 4.42 Å². The number of hydrogen-bond acceptors (Lipinski definition) is 2. The molecule has 2 aromatic rings. The smallest absolute Gasteiger partial charge is 0.118 e. The van der Waals surface area contributed by atoms with Gasteiger partial charge in [0.25, 0.3) is 0 Å². The fourth-order valence-electron chi connectivity index (χ4n) is 1.88. The number of furan rings is 1. The van der Waals surface area contributed by atoms with Crippen molar-refractivity contribution in [2.75, 3.05) is 13.6 Å². The Morgan fingerprint density at radius 1 is 1.06 bits per heavy atom. The predicted octanol–water partition coefficient (Wildman–Crippen LogP) is 3.26. The fourth-order valence-corrected chi connectivity index (χ4v) is 1.88. The van der Waals surface area contributed by atoms with Crippen molar-refractivity contribution in [2.45, 2.75) is 19.9 Å². The number of hydrogen-bond donors (Lipinski definition) is 0. The van der Waals surface area contributed by atoms with Crippen molar-refractivity contribution in [3.8, 4) is 0 Å². The highest BCUT2D eigenvalue weighted by atomic mass is 16.3. The summed E-state index contributed by atoms with van der Waals surface area (Å²) < 4.78 is 5.56. The molecule has 2 nitrogen and oxygen atoms in total. The van der Waals surface area contributed by atoms with Crippen LogP contribution in [-0.2, 0) is 13.0 Å². The molecule has 0 aliphatic heterocycles. The van der Waals surface area contributed by atoms with Crippen LogP contribution >= 0.6 is 0 Å². The van der Waals surface area contributed by atoms with Crippen molar-refractivity contribution in [3.63, 3.8) is 0 Å². The van der Waals surface area contributed by atoms with Gasteiger partial charge in [0.2, 0.25) is 0 Å². The van der Waals surface area contributed by atoms with Gasteiger partial charge < -0.3 is 4.42 Å². The van der Waals surface area contributed by atoms with Crippen LogP contribution in [0.3, 0.4) is 0 Å². The molecule has 2 heteroatoms. The minimum Gasteiger partial charge on any atom is -0.465 e. The van der Waals surface area contributed by atoms with E-state index in [-0.39, 0.29) is 0 Å². The first-order valence-corrected chi connectivity index (χ1v) is 6.02. The minimum atomic E-state index is 0.876. The molecule has 0 atom stereocenters. The second-order valence-corrected chi connectivity index (χ2v) is 4.49. The van der Waals surface area contributed by atoms with Crippen LogP contribution in [0.4, 0.5) is 0 Å². The SMILES string of the molecule is Cc1ccc(CN(C)CCc2ccccc2)o1. The number of rotatable bonds is 5. The maximum absolute atomic E-state index is 5.56. The summed E-state index contributed by atoms with van der Waals surface area (Å²) in [6.07, 6.45) is 1.08. The van der Waals surface area contributed by atoms with Crippen LogP contribution in [0.5, 0.6) is 0 Å². The van der Waals surface area contributed by atoms with Gasteiger partial charge in [-0.25, -0.2) is 0 Å². The molecule has 0 saturated carbocycles. The molecule has 2 rings (SSSR count). The van der Waals surface area contributed by atoms with Gasteiger partial charge in [-0.15, -0.1) is 0 Å². The second-order valence-electron chi connectivity index (χ2n) is 4.49. The molecule has 1 aromatic carbocycles. The molecule has 1 heterocycles. The Labute approximate surface area is 103 Å². The Morgan fingerprint density at radius 2 is 1.82 bits per heavy atom. The lowest BCUT2D eigenvalue weighted by Crippen LogP contribution is -2.20. The van der Waals surface area contributed by atoms with Crippen molar-refractivity contribution in [1.82, 2.24) is 4.90 Å². The van der Waals surface area contributed by atoms with E-state index in [1.165, 1.54) is 5.56 Å². The van der Waals surface area contributed by atoms with E-state index in [1.807, 2.05) is 19.1 Å². The van der Waals surface area contributed by atoms with Gasteiger partial charge >= 0.3 is 0 Å². The van der Waals surface area contributed by atoms with Gasteiger partial charge in [0, 0.05) is 6.54 Å². The van der Waals surface area contributed by atoms with Gasteiger partial charge in [0.1, 0.15) is 11.5 Å². The lowest BCUT2D eigenvalue weighted by Gasteiger charge is -2.14. The largest absolute Gasteiger partial charge is 0.465 e. The summed E-state index contributed by atoms with van der Waals surface area (Å²) in [5, 5.41) is 0. The van der Waals surface area contributed by atoms with Gasteiger partial charge in [-0.3, -0.25) is 4.90 Å². The highest BCUT2D eigenvalue weighted by molar-refractivity contribution is 5.15. The van der Waals surface area contributed by atoms with E-state index in [0.717, 1.165) is 31.0 Å². The number of benzene rings is 1. The van der Waals surface area contributed by atoms with E-state index in [0.29, 0.717) is 0 Å². The molecule has 0 aliphatic rings. The van der Waals surface area contributed by atoms with Gasteiger partial charge in [-0.2, -0.15) is 0 Å². The molecule has 0 unspecified atom stereocenters. The molecule has 0 radical (unpaired) electrons. The molecule has 0 N–H and O–H groups in total. The molecule has 0 bridgehead atoms. The van der Waals surface area contributed by atoms with E-state index >= 15 is 0 Å². The number of aryl methyl sites for hydroxylation is 1. The molecule has 90 valence electrons. The van der Waals surface area contributed by atoms with Crippen molar-refractivity contribution >= 4 is 0 Å².